The van der Waals surface area contributed by atoms with Gasteiger partial charge < -0.3 is 10.6 Å². The zero-order valence-electron chi connectivity index (χ0n) is 11.5. The maximum absolute atomic E-state index is 11.6. The summed E-state index contributed by atoms with van der Waals surface area (Å²) >= 11 is 0. The second-order valence-corrected chi connectivity index (χ2v) is 5.16. The van der Waals surface area contributed by atoms with E-state index < -0.39 is 6.03 Å². The smallest absolute Gasteiger partial charge is 0.321 e. The number of amides is 3. The number of carbonyl (C=O) groups excluding carboxylic acids is 2. The SMILES string of the molecule is CNC1CCN(CC(=O)NC(=O)NCC(C)C)C1. The van der Waals surface area contributed by atoms with Crippen LogP contribution in [0.1, 0.15) is 20.3 Å². The molecular formula is C12H24N4O2. The van der Waals surface area contributed by atoms with Gasteiger partial charge in [0.1, 0.15) is 0 Å². The molecule has 3 N–H and O–H groups in total. The minimum atomic E-state index is -0.405. The fraction of sp³-hybridized carbons (Fsp3) is 0.833. The van der Waals surface area contributed by atoms with Crippen LogP contribution in [0.5, 0.6) is 0 Å². The molecule has 0 spiro atoms. The van der Waals surface area contributed by atoms with Crippen LogP contribution in [0, 0.1) is 5.92 Å². The molecule has 0 radical (unpaired) electrons. The lowest BCUT2D eigenvalue weighted by Crippen LogP contribution is -2.45. The third kappa shape index (κ3) is 5.46. The van der Waals surface area contributed by atoms with E-state index in [1.807, 2.05) is 25.8 Å². The number of rotatable bonds is 5. The van der Waals surface area contributed by atoms with Crippen molar-refractivity contribution < 1.29 is 9.59 Å². The van der Waals surface area contributed by atoms with Crippen LogP contribution in [-0.2, 0) is 4.79 Å². The quantitative estimate of drug-likeness (QED) is 0.635. The van der Waals surface area contributed by atoms with Gasteiger partial charge in [0.25, 0.3) is 0 Å². The van der Waals surface area contributed by atoms with E-state index in [0.717, 1.165) is 19.5 Å². The zero-order chi connectivity index (χ0) is 13.5. The van der Waals surface area contributed by atoms with Gasteiger partial charge in [-0.25, -0.2) is 4.79 Å². The van der Waals surface area contributed by atoms with Gasteiger partial charge in [-0.15, -0.1) is 0 Å². The maximum atomic E-state index is 11.6. The molecule has 1 aliphatic rings. The summed E-state index contributed by atoms with van der Waals surface area (Å²) in [6.45, 7) is 6.62. The van der Waals surface area contributed by atoms with Crippen LogP contribution in [0.15, 0.2) is 0 Å². The molecule has 1 fully saturated rings. The van der Waals surface area contributed by atoms with Gasteiger partial charge in [0, 0.05) is 25.7 Å². The number of likely N-dealkylation sites (N-methyl/N-ethyl adjacent to an activating group) is 1. The molecule has 0 aromatic rings. The Hall–Kier alpha value is -1.14. The molecule has 1 atom stereocenters. The molecule has 0 bridgehead atoms. The van der Waals surface area contributed by atoms with Crippen molar-refractivity contribution in [1.29, 1.82) is 0 Å². The number of nitrogens with one attached hydrogen (secondary N) is 3. The summed E-state index contributed by atoms with van der Waals surface area (Å²) in [5, 5.41) is 8.19. The number of hydrogen-bond donors (Lipinski definition) is 3. The van der Waals surface area contributed by atoms with Gasteiger partial charge in [0.05, 0.1) is 6.54 Å². The molecule has 1 saturated heterocycles. The number of likely N-dealkylation sites (tertiary alicyclic amines) is 1. The molecule has 3 amide bonds. The molecule has 1 unspecified atom stereocenters. The van der Waals surface area contributed by atoms with Crippen molar-refractivity contribution in [1.82, 2.24) is 20.9 Å². The van der Waals surface area contributed by atoms with E-state index in [1.165, 1.54) is 0 Å². The fourth-order valence-corrected chi connectivity index (χ4v) is 1.92. The van der Waals surface area contributed by atoms with Crippen molar-refractivity contribution in [3.05, 3.63) is 0 Å². The Morgan fingerprint density at radius 2 is 2.11 bits per heavy atom. The van der Waals surface area contributed by atoms with E-state index in [-0.39, 0.29) is 12.5 Å². The molecule has 1 rings (SSSR count). The lowest BCUT2D eigenvalue weighted by Gasteiger charge is -2.15. The fourth-order valence-electron chi connectivity index (χ4n) is 1.92. The Morgan fingerprint density at radius 1 is 1.39 bits per heavy atom. The monoisotopic (exact) mass is 256 g/mol. The van der Waals surface area contributed by atoms with Crippen LogP contribution in [0.25, 0.3) is 0 Å². The molecular weight excluding hydrogens is 232 g/mol. The van der Waals surface area contributed by atoms with E-state index in [2.05, 4.69) is 16.0 Å². The average molecular weight is 256 g/mol. The van der Waals surface area contributed by atoms with Gasteiger partial charge in [-0.2, -0.15) is 0 Å². The van der Waals surface area contributed by atoms with Gasteiger partial charge in [0.15, 0.2) is 0 Å². The Morgan fingerprint density at radius 3 is 2.67 bits per heavy atom. The van der Waals surface area contributed by atoms with Crippen LogP contribution in [0.2, 0.25) is 0 Å². The average Bonchev–Trinajstić information content (AvgIpc) is 2.73. The van der Waals surface area contributed by atoms with Crippen LogP contribution < -0.4 is 16.0 Å². The van der Waals surface area contributed by atoms with Crippen LogP contribution >= 0.6 is 0 Å². The molecule has 0 aromatic carbocycles. The normalized spacial score (nSPS) is 20.1. The van der Waals surface area contributed by atoms with Crippen molar-refractivity contribution in [2.45, 2.75) is 26.3 Å². The topological polar surface area (TPSA) is 73.5 Å². The van der Waals surface area contributed by atoms with Crippen molar-refractivity contribution in [2.24, 2.45) is 5.92 Å². The Balaban J connectivity index is 2.19. The van der Waals surface area contributed by atoms with E-state index in [0.29, 0.717) is 18.5 Å². The minimum Gasteiger partial charge on any atom is -0.338 e. The highest BCUT2D eigenvalue weighted by atomic mass is 16.2. The Kier molecular flexibility index (Phi) is 6.07. The number of urea groups is 1. The predicted octanol–water partition coefficient (Wildman–Crippen LogP) is -0.238. The van der Waals surface area contributed by atoms with Crippen molar-refractivity contribution in [3.63, 3.8) is 0 Å². The van der Waals surface area contributed by atoms with Crippen molar-refractivity contribution in [2.75, 3.05) is 33.2 Å². The summed E-state index contributed by atoms with van der Waals surface area (Å²) in [6, 6.07) is 0.0469. The summed E-state index contributed by atoms with van der Waals surface area (Å²) in [6.07, 6.45) is 1.04. The summed E-state index contributed by atoms with van der Waals surface area (Å²) < 4.78 is 0. The summed E-state index contributed by atoms with van der Waals surface area (Å²) in [5.41, 5.74) is 0. The first-order valence-corrected chi connectivity index (χ1v) is 6.48. The highest BCUT2D eigenvalue weighted by Crippen LogP contribution is 2.07. The van der Waals surface area contributed by atoms with E-state index in [4.69, 9.17) is 0 Å². The first-order valence-electron chi connectivity index (χ1n) is 6.48. The largest absolute Gasteiger partial charge is 0.338 e. The van der Waals surface area contributed by atoms with Crippen LogP contribution in [-0.4, -0.2) is 56.1 Å². The summed E-state index contributed by atoms with van der Waals surface area (Å²) in [4.78, 5) is 25.0. The molecule has 18 heavy (non-hydrogen) atoms. The van der Waals surface area contributed by atoms with Gasteiger partial charge in [-0.1, -0.05) is 13.8 Å². The van der Waals surface area contributed by atoms with Gasteiger partial charge >= 0.3 is 6.03 Å². The summed E-state index contributed by atoms with van der Waals surface area (Å²) in [7, 11) is 1.92. The maximum Gasteiger partial charge on any atom is 0.321 e. The highest BCUT2D eigenvalue weighted by molar-refractivity contribution is 5.95. The Bertz CT molecular complexity index is 294. The molecule has 0 aliphatic carbocycles. The molecule has 0 saturated carbocycles. The standard InChI is InChI=1S/C12H24N4O2/c1-9(2)6-14-12(18)15-11(17)8-16-5-4-10(7-16)13-3/h9-10,13H,4-8H2,1-3H3,(H2,14,15,17,18). The number of hydrogen-bond acceptors (Lipinski definition) is 4. The molecule has 1 aliphatic heterocycles. The van der Waals surface area contributed by atoms with E-state index in [9.17, 15) is 9.59 Å². The third-order valence-electron chi connectivity index (χ3n) is 2.97. The van der Waals surface area contributed by atoms with Crippen LogP contribution in [0.3, 0.4) is 0 Å². The third-order valence-corrected chi connectivity index (χ3v) is 2.97. The summed E-state index contributed by atoms with van der Waals surface area (Å²) in [5.74, 6) is 0.133. The first kappa shape index (κ1) is 14.9. The first-order chi connectivity index (χ1) is 8.51. The second kappa shape index (κ2) is 7.33. The van der Waals surface area contributed by atoms with E-state index >= 15 is 0 Å². The molecule has 104 valence electrons. The number of nitrogens with zero attached hydrogens (tertiary/aromatic N) is 1. The van der Waals surface area contributed by atoms with Gasteiger partial charge in [-0.3, -0.25) is 15.0 Å². The molecule has 0 aromatic heterocycles. The van der Waals surface area contributed by atoms with Crippen molar-refractivity contribution >= 4 is 11.9 Å². The lowest BCUT2D eigenvalue weighted by molar-refractivity contribution is -0.120. The second-order valence-electron chi connectivity index (χ2n) is 5.16. The number of imide groups is 1. The Labute approximate surface area is 108 Å². The number of carbonyl (C=O) groups is 2. The van der Waals surface area contributed by atoms with Crippen molar-refractivity contribution in [3.8, 4) is 0 Å². The molecule has 1 heterocycles. The molecule has 6 nitrogen and oxygen atoms in total. The van der Waals surface area contributed by atoms with Gasteiger partial charge in [0.2, 0.25) is 5.91 Å². The predicted molar refractivity (Wildman–Crippen MR) is 70.3 cm³/mol. The van der Waals surface area contributed by atoms with Gasteiger partial charge in [-0.05, 0) is 19.4 Å². The highest BCUT2D eigenvalue weighted by Gasteiger charge is 2.23. The lowest BCUT2D eigenvalue weighted by atomic mass is 10.2. The van der Waals surface area contributed by atoms with E-state index in [1.54, 1.807) is 0 Å². The minimum absolute atomic E-state index is 0.243. The molecule has 6 heteroatoms. The van der Waals surface area contributed by atoms with Crippen LogP contribution in [0.4, 0.5) is 4.79 Å². The zero-order valence-corrected chi connectivity index (χ0v) is 11.5.